The predicted octanol–water partition coefficient (Wildman–Crippen LogP) is 6.29. The zero-order valence-corrected chi connectivity index (χ0v) is 22.3. The van der Waals surface area contributed by atoms with Gasteiger partial charge >= 0.3 is 5.97 Å². The van der Waals surface area contributed by atoms with Gasteiger partial charge in [0, 0.05) is 11.3 Å². The van der Waals surface area contributed by atoms with Crippen molar-refractivity contribution in [3.8, 4) is 0 Å². The standard InChI is InChI=1S/C30H46O4/c1-18(2)9-8-10-19(26(33)34)25-22(31)17-30(7)21-11-12-23-27(3,4)24(32)14-15-28(23,5)20(21)13-16-29(25,30)6/h9,11,13,19,22-25,31-32H,8,10,12,14-17H2,1-7H3,(H,33,34)/t19-,22-,23+,24+,25+,28-,29-,30+/m1/s1. The second-order valence-electron chi connectivity index (χ2n) is 13.4. The van der Waals surface area contributed by atoms with Gasteiger partial charge in [-0.3, -0.25) is 4.79 Å². The Morgan fingerprint density at radius 2 is 1.79 bits per heavy atom. The van der Waals surface area contributed by atoms with Crippen molar-refractivity contribution in [3.63, 3.8) is 0 Å². The van der Waals surface area contributed by atoms with E-state index >= 15 is 0 Å². The molecule has 0 unspecified atom stereocenters. The zero-order chi connectivity index (χ0) is 25.3. The van der Waals surface area contributed by atoms with E-state index in [2.05, 4.69) is 52.8 Å². The fraction of sp³-hybridized carbons (Fsp3) is 0.767. The van der Waals surface area contributed by atoms with E-state index < -0.39 is 18.0 Å². The average molecular weight is 471 g/mol. The molecule has 0 radical (unpaired) electrons. The van der Waals surface area contributed by atoms with Crippen LogP contribution in [0.5, 0.6) is 0 Å². The quantitative estimate of drug-likeness (QED) is 0.413. The van der Waals surface area contributed by atoms with Crippen molar-refractivity contribution < 1.29 is 20.1 Å². The normalized spacial score (nSPS) is 43.6. The maximum absolute atomic E-state index is 12.5. The van der Waals surface area contributed by atoms with Gasteiger partial charge in [0.15, 0.2) is 0 Å². The SMILES string of the molecule is CC(C)=CCC[C@@H](C(=O)O)[C@H]1[C@H](O)C[C@@]2(C)C3=CC[C@H]4C(C)(C)[C@@H](O)CC[C@]4(C)C3=CC[C@]12C. The average Bonchev–Trinajstić information content (AvgIpc) is 2.94. The molecule has 4 nitrogen and oxygen atoms in total. The third-order valence-electron chi connectivity index (χ3n) is 11.1. The molecule has 34 heavy (non-hydrogen) atoms. The molecule has 0 aromatic carbocycles. The molecular weight excluding hydrogens is 424 g/mol. The van der Waals surface area contributed by atoms with Crippen molar-refractivity contribution in [2.24, 2.45) is 39.4 Å². The van der Waals surface area contributed by atoms with Crippen molar-refractivity contribution in [3.05, 3.63) is 34.9 Å². The summed E-state index contributed by atoms with van der Waals surface area (Å²) in [5, 5.41) is 32.4. The third kappa shape index (κ3) is 3.50. The first-order chi connectivity index (χ1) is 15.7. The highest BCUT2D eigenvalue weighted by atomic mass is 16.4. The minimum Gasteiger partial charge on any atom is -0.481 e. The number of aliphatic carboxylic acids is 1. The second kappa shape index (κ2) is 8.34. The molecule has 0 aromatic heterocycles. The molecule has 4 heteroatoms. The number of carboxylic acid groups (broad SMARTS) is 1. The topological polar surface area (TPSA) is 77.8 Å². The summed E-state index contributed by atoms with van der Waals surface area (Å²) in [6.07, 6.45) is 11.4. The summed E-state index contributed by atoms with van der Waals surface area (Å²) in [5.41, 5.74) is 3.27. The first kappa shape index (κ1) is 25.7. The Labute approximate surface area is 206 Å². The minimum absolute atomic E-state index is 0.00976. The van der Waals surface area contributed by atoms with Crippen LogP contribution in [0.25, 0.3) is 0 Å². The summed E-state index contributed by atoms with van der Waals surface area (Å²) in [6.45, 7) is 15.4. The Morgan fingerprint density at radius 1 is 1.12 bits per heavy atom. The Bertz CT molecular complexity index is 937. The summed E-state index contributed by atoms with van der Waals surface area (Å²) in [7, 11) is 0. The Morgan fingerprint density at radius 3 is 2.41 bits per heavy atom. The molecule has 4 aliphatic carbocycles. The van der Waals surface area contributed by atoms with Gasteiger partial charge in [-0.25, -0.2) is 0 Å². The lowest BCUT2D eigenvalue weighted by Crippen LogP contribution is -2.54. The lowest BCUT2D eigenvalue weighted by Gasteiger charge is -2.61. The third-order valence-corrected chi connectivity index (χ3v) is 11.1. The zero-order valence-electron chi connectivity index (χ0n) is 22.3. The van der Waals surface area contributed by atoms with E-state index in [0.717, 1.165) is 32.1 Å². The Kier molecular flexibility index (Phi) is 6.30. The number of carbonyl (C=O) groups is 1. The summed E-state index contributed by atoms with van der Waals surface area (Å²) in [5.74, 6) is -1.22. The molecule has 0 saturated heterocycles. The number of aliphatic hydroxyl groups excluding tert-OH is 2. The molecule has 8 atom stereocenters. The lowest BCUT2D eigenvalue weighted by molar-refractivity contribution is -0.148. The number of hydrogen-bond donors (Lipinski definition) is 3. The van der Waals surface area contributed by atoms with Crippen LogP contribution in [0.2, 0.25) is 0 Å². The Hall–Kier alpha value is -1.39. The van der Waals surface area contributed by atoms with Crippen molar-refractivity contribution in [1.29, 1.82) is 0 Å². The van der Waals surface area contributed by atoms with E-state index in [0.29, 0.717) is 18.8 Å². The van der Waals surface area contributed by atoms with Gasteiger partial charge in [-0.1, -0.05) is 58.4 Å². The van der Waals surface area contributed by atoms with Crippen LogP contribution in [0.15, 0.2) is 34.9 Å². The van der Waals surface area contributed by atoms with Crippen LogP contribution < -0.4 is 0 Å². The van der Waals surface area contributed by atoms with Crippen LogP contribution in [0, 0.1) is 39.4 Å². The van der Waals surface area contributed by atoms with Gasteiger partial charge in [0.2, 0.25) is 0 Å². The van der Waals surface area contributed by atoms with E-state index in [1.165, 1.54) is 16.7 Å². The minimum atomic E-state index is -0.779. The van der Waals surface area contributed by atoms with Crippen molar-refractivity contribution in [1.82, 2.24) is 0 Å². The largest absolute Gasteiger partial charge is 0.481 e. The second-order valence-corrected chi connectivity index (χ2v) is 13.4. The highest BCUT2D eigenvalue weighted by Gasteiger charge is 2.66. The van der Waals surface area contributed by atoms with Crippen LogP contribution in [-0.4, -0.2) is 33.5 Å². The maximum Gasteiger partial charge on any atom is 0.306 e. The van der Waals surface area contributed by atoms with Gasteiger partial charge in [0.05, 0.1) is 18.1 Å². The van der Waals surface area contributed by atoms with Crippen LogP contribution in [-0.2, 0) is 4.79 Å². The summed E-state index contributed by atoms with van der Waals surface area (Å²) < 4.78 is 0. The maximum atomic E-state index is 12.5. The van der Waals surface area contributed by atoms with Crippen LogP contribution in [0.4, 0.5) is 0 Å². The highest BCUT2D eigenvalue weighted by molar-refractivity contribution is 5.71. The summed E-state index contributed by atoms with van der Waals surface area (Å²) in [6, 6.07) is 0. The molecule has 0 amide bonds. The van der Waals surface area contributed by atoms with Crippen LogP contribution in [0.3, 0.4) is 0 Å². The monoisotopic (exact) mass is 470 g/mol. The van der Waals surface area contributed by atoms with E-state index in [9.17, 15) is 20.1 Å². The van der Waals surface area contributed by atoms with E-state index in [1.807, 2.05) is 13.8 Å². The Balaban J connectivity index is 1.74. The first-order valence-electron chi connectivity index (χ1n) is 13.3. The lowest BCUT2D eigenvalue weighted by atomic mass is 9.44. The number of carboxylic acids is 1. The molecule has 0 heterocycles. The number of fused-ring (bicyclic) bond motifs is 5. The molecule has 2 saturated carbocycles. The van der Waals surface area contributed by atoms with Crippen molar-refractivity contribution in [2.45, 2.75) is 106 Å². The van der Waals surface area contributed by atoms with Crippen LogP contribution in [0.1, 0.15) is 93.4 Å². The molecule has 2 fully saturated rings. The number of hydrogen-bond acceptors (Lipinski definition) is 3. The predicted molar refractivity (Wildman–Crippen MR) is 136 cm³/mol. The molecule has 3 N–H and O–H groups in total. The van der Waals surface area contributed by atoms with Crippen molar-refractivity contribution in [2.75, 3.05) is 0 Å². The molecule has 4 rings (SSSR count). The van der Waals surface area contributed by atoms with Gasteiger partial charge in [0.25, 0.3) is 0 Å². The summed E-state index contributed by atoms with van der Waals surface area (Å²) >= 11 is 0. The fourth-order valence-electron chi connectivity index (χ4n) is 8.83. The van der Waals surface area contributed by atoms with E-state index in [1.54, 1.807) is 0 Å². The fourth-order valence-corrected chi connectivity index (χ4v) is 8.83. The number of allylic oxidation sites excluding steroid dienone is 6. The van der Waals surface area contributed by atoms with Gasteiger partial charge in [0.1, 0.15) is 0 Å². The van der Waals surface area contributed by atoms with Gasteiger partial charge in [-0.2, -0.15) is 0 Å². The smallest absolute Gasteiger partial charge is 0.306 e. The van der Waals surface area contributed by atoms with Crippen molar-refractivity contribution >= 4 is 5.97 Å². The first-order valence-corrected chi connectivity index (χ1v) is 13.3. The van der Waals surface area contributed by atoms with Gasteiger partial charge in [-0.05, 0) is 92.1 Å². The molecule has 0 aliphatic heterocycles. The van der Waals surface area contributed by atoms with E-state index in [4.69, 9.17) is 0 Å². The molecule has 0 bridgehead atoms. The van der Waals surface area contributed by atoms with Gasteiger partial charge < -0.3 is 15.3 Å². The molecular formula is C30H46O4. The highest BCUT2D eigenvalue weighted by Crippen LogP contribution is 2.71. The summed E-state index contributed by atoms with van der Waals surface area (Å²) in [4.78, 5) is 12.5. The van der Waals surface area contributed by atoms with Gasteiger partial charge in [-0.15, -0.1) is 0 Å². The molecule has 0 spiro atoms. The molecule has 4 aliphatic rings. The van der Waals surface area contributed by atoms with Crippen LogP contribution >= 0.6 is 0 Å². The number of aliphatic hydroxyl groups is 2. The van der Waals surface area contributed by atoms with E-state index in [-0.39, 0.29) is 33.7 Å². The molecule has 190 valence electrons. The molecule has 0 aromatic rings. The number of rotatable bonds is 5.